The highest BCUT2D eigenvalue weighted by Crippen LogP contribution is 2.31. The smallest absolute Gasteiger partial charge is 0.190 e. The molecule has 0 aromatic carbocycles. The van der Waals surface area contributed by atoms with Crippen molar-refractivity contribution < 1.29 is 9.53 Å². The van der Waals surface area contributed by atoms with E-state index in [1.165, 1.54) is 11.3 Å². The Hall–Kier alpha value is -0.0900. The van der Waals surface area contributed by atoms with E-state index < -0.39 is 0 Å². The Bertz CT molecular complexity index is 309. The number of halogens is 2. The molecule has 5 heteroatoms. The van der Waals surface area contributed by atoms with Crippen molar-refractivity contribution in [3.63, 3.8) is 0 Å². The summed E-state index contributed by atoms with van der Waals surface area (Å²) in [5.74, 6) is -0.130. The van der Waals surface area contributed by atoms with Crippen molar-refractivity contribution in [3.8, 4) is 0 Å². The average molecular weight is 239 g/mol. The van der Waals surface area contributed by atoms with E-state index in [2.05, 4.69) is 0 Å². The molecule has 0 saturated carbocycles. The van der Waals surface area contributed by atoms with E-state index in [-0.39, 0.29) is 12.4 Å². The molecule has 1 aromatic heterocycles. The van der Waals surface area contributed by atoms with Gasteiger partial charge in [0.05, 0.1) is 9.90 Å². The van der Waals surface area contributed by atoms with Gasteiger partial charge in [-0.15, -0.1) is 11.3 Å². The van der Waals surface area contributed by atoms with E-state index in [4.69, 9.17) is 27.9 Å². The number of carbonyl (C=O) groups excluding carboxylic acids is 1. The molecule has 0 saturated heterocycles. The van der Waals surface area contributed by atoms with Gasteiger partial charge in [-0.25, -0.2) is 0 Å². The number of rotatable bonds is 4. The third-order valence-corrected chi connectivity index (χ3v) is 2.88. The molecule has 0 spiro atoms. The summed E-state index contributed by atoms with van der Waals surface area (Å²) in [6, 6.07) is 1.57. The van der Waals surface area contributed by atoms with Crippen molar-refractivity contribution in [2.75, 3.05) is 13.2 Å². The second-order valence-corrected chi connectivity index (χ2v) is 4.58. The fraction of sp³-hybridized carbons (Fsp3) is 0.375. The molecule has 0 aliphatic rings. The summed E-state index contributed by atoms with van der Waals surface area (Å²) in [5.41, 5.74) is 0.449. The zero-order chi connectivity index (χ0) is 9.84. The van der Waals surface area contributed by atoms with Gasteiger partial charge >= 0.3 is 0 Å². The summed E-state index contributed by atoms with van der Waals surface area (Å²) < 4.78 is 5.91. The molecule has 0 N–H and O–H groups in total. The minimum absolute atomic E-state index is 0.0588. The lowest BCUT2D eigenvalue weighted by Gasteiger charge is -1.98. The molecule has 0 aliphatic carbocycles. The lowest BCUT2D eigenvalue weighted by atomic mass is 10.2. The van der Waals surface area contributed by atoms with Crippen molar-refractivity contribution in [2.45, 2.75) is 6.92 Å². The lowest BCUT2D eigenvalue weighted by molar-refractivity contribution is 0.0784. The molecule has 0 fully saturated rings. The van der Waals surface area contributed by atoms with Gasteiger partial charge in [-0.1, -0.05) is 23.2 Å². The van der Waals surface area contributed by atoms with Crippen LogP contribution < -0.4 is 0 Å². The van der Waals surface area contributed by atoms with Crippen LogP contribution in [0.25, 0.3) is 0 Å². The topological polar surface area (TPSA) is 26.3 Å². The monoisotopic (exact) mass is 238 g/mol. The molecule has 0 amide bonds. The van der Waals surface area contributed by atoms with Crippen LogP contribution in [0.2, 0.25) is 8.67 Å². The Morgan fingerprint density at radius 2 is 2.31 bits per heavy atom. The minimum Gasteiger partial charge on any atom is -0.374 e. The highest BCUT2D eigenvalue weighted by atomic mass is 35.5. The third-order valence-electron chi connectivity index (χ3n) is 1.39. The summed E-state index contributed by atoms with van der Waals surface area (Å²) >= 11 is 12.6. The van der Waals surface area contributed by atoms with Gasteiger partial charge in [-0.3, -0.25) is 4.79 Å². The van der Waals surface area contributed by atoms with Gasteiger partial charge < -0.3 is 4.74 Å². The Kier molecular flexibility index (Phi) is 4.19. The molecule has 0 bridgehead atoms. The van der Waals surface area contributed by atoms with Crippen LogP contribution in [0.3, 0.4) is 0 Å². The molecule has 1 rings (SSSR count). The zero-order valence-corrected chi connectivity index (χ0v) is 9.30. The first kappa shape index (κ1) is 11.0. The van der Waals surface area contributed by atoms with E-state index in [9.17, 15) is 4.79 Å². The maximum atomic E-state index is 11.4. The maximum absolute atomic E-state index is 11.4. The molecule has 2 nitrogen and oxygen atoms in total. The van der Waals surface area contributed by atoms with Gasteiger partial charge in [0.1, 0.15) is 10.9 Å². The fourth-order valence-electron chi connectivity index (χ4n) is 0.803. The average Bonchev–Trinajstić information content (AvgIpc) is 2.41. The van der Waals surface area contributed by atoms with E-state index in [1.54, 1.807) is 6.07 Å². The first-order chi connectivity index (χ1) is 6.15. The minimum atomic E-state index is -0.130. The molecule has 1 heterocycles. The van der Waals surface area contributed by atoms with Crippen LogP contribution in [0, 0.1) is 0 Å². The summed E-state index contributed by atoms with van der Waals surface area (Å²) in [6.45, 7) is 2.40. The van der Waals surface area contributed by atoms with Gasteiger partial charge in [-0.2, -0.15) is 0 Å². The van der Waals surface area contributed by atoms with Crippen molar-refractivity contribution in [1.82, 2.24) is 0 Å². The molecule has 0 aliphatic heterocycles. The largest absolute Gasteiger partial charge is 0.374 e. The lowest BCUT2D eigenvalue weighted by Crippen LogP contribution is -2.08. The molecule has 1 aromatic rings. The van der Waals surface area contributed by atoms with Gasteiger partial charge in [-0.05, 0) is 13.0 Å². The van der Waals surface area contributed by atoms with Crippen LogP contribution in [-0.2, 0) is 4.74 Å². The molecular weight excluding hydrogens is 231 g/mol. The Balaban J connectivity index is 2.70. The van der Waals surface area contributed by atoms with Crippen LogP contribution >= 0.6 is 34.5 Å². The summed E-state index contributed by atoms with van der Waals surface area (Å²) in [5, 5.41) is 0. The Labute approximate surface area is 90.4 Å². The van der Waals surface area contributed by atoms with Gasteiger partial charge in [0.2, 0.25) is 0 Å². The highest BCUT2D eigenvalue weighted by molar-refractivity contribution is 7.20. The second-order valence-electron chi connectivity index (χ2n) is 2.30. The molecule has 0 atom stereocenters. The van der Waals surface area contributed by atoms with Crippen LogP contribution in [0.1, 0.15) is 17.3 Å². The molecular formula is C8H8Cl2O2S. The molecule has 0 radical (unpaired) electrons. The summed E-state index contributed by atoms with van der Waals surface area (Å²) in [7, 11) is 0. The molecule has 13 heavy (non-hydrogen) atoms. The fourth-order valence-corrected chi connectivity index (χ4v) is 2.30. The first-order valence-corrected chi connectivity index (χ1v) is 5.28. The van der Waals surface area contributed by atoms with E-state index in [0.717, 1.165) is 0 Å². The normalized spacial score (nSPS) is 10.4. The number of ether oxygens (including phenoxy) is 1. The van der Waals surface area contributed by atoms with Crippen molar-refractivity contribution in [1.29, 1.82) is 0 Å². The number of carbonyl (C=O) groups is 1. The Morgan fingerprint density at radius 3 is 2.77 bits per heavy atom. The van der Waals surface area contributed by atoms with Gasteiger partial charge in [0.15, 0.2) is 5.78 Å². The standard InChI is InChI=1S/C8H8Cl2O2S/c1-2-12-4-6(11)5-3-7(9)13-8(5)10/h3H,2,4H2,1H3. The number of ketones is 1. The highest BCUT2D eigenvalue weighted by Gasteiger charge is 2.13. The van der Waals surface area contributed by atoms with Crippen LogP contribution in [0.5, 0.6) is 0 Å². The number of hydrogen-bond donors (Lipinski definition) is 0. The van der Waals surface area contributed by atoms with Crippen molar-refractivity contribution in [2.24, 2.45) is 0 Å². The van der Waals surface area contributed by atoms with E-state index >= 15 is 0 Å². The third kappa shape index (κ3) is 2.95. The Morgan fingerprint density at radius 1 is 1.62 bits per heavy atom. The maximum Gasteiger partial charge on any atom is 0.190 e. The number of thiophene rings is 1. The van der Waals surface area contributed by atoms with Gasteiger partial charge in [0, 0.05) is 6.61 Å². The number of Topliss-reactive ketones (excluding diaryl/α,β-unsaturated/α-hetero) is 1. The predicted molar refractivity (Wildman–Crippen MR) is 55.2 cm³/mol. The first-order valence-electron chi connectivity index (χ1n) is 3.71. The van der Waals surface area contributed by atoms with Crippen molar-refractivity contribution in [3.05, 3.63) is 20.3 Å². The van der Waals surface area contributed by atoms with E-state index in [1.807, 2.05) is 6.92 Å². The molecule has 0 unspecified atom stereocenters. The van der Waals surface area contributed by atoms with Gasteiger partial charge in [0.25, 0.3) is 0 Å². The predicted octanol–water partition coefficient (Wildman–Crippen LogP) is 3.27. The summed E-state index contributed by atoms with van der Waals surface area (Å²) in [6.07, 6.45) is 0. The second kappa shape index (κ2) is 4.96. The number of hydrogen-bond acceptors (Lipinski definition) is 3. The summed E-state index contributed by atoms with van der Waals surface area (Å²) in [4.78, 5) is 11.4. The molecule has 72 valence electrons. The van der Waals surface area contributed by atoms with Crippen LogP contribution in [0.4, 0.5) is 0 Å². The SMILES string of the molecule is CCOCC(=O)c1cc(Cl)sc1Cl. The van der Waals surface area contributed by atoms with E-state index in [0.29, 0.717) is 20.8 Å². The van der Waals surface area contributed by atoms with Crippen LogP contribution in [0.15, 0.2) is 6.07 Å². The van der Waals surface area contributed by atoms with Crippen molar-refractivity contribution >= 4 is 40.3 Å². The zero-order valence-electron chi connectivity index (χ0n) is 6.97. The van der Waals surface area contributed by atoms with Crippen LogP contribution in [-0.4, -0.2) is 19.0 Å². The quantitative estimate of drug-likeness (QED) is 0.753.